The van der Waals surface area contributed by atoms with Gasteiger partial charge in [-0.05, 0) is 50.1 Å². The molecule has 1 aromatic carbocycles. The molecule has 4 nitrogen and oxygen atoms in total. The number of alkyl halides is 3. The molecule has 0 aliphatic carbocycles. The van der Waals surface area contributed by atoms with Gasteiger partial charge in [0, 0.05) is 6.54 Å². The van der Waals surface area contributed by atoms with Gasteiger partial charge < -0.3 is 14.8 Å². The molecule has 0 bridgehead atoms. The number of benzene rings is 1. The molecule has 22 heavy (non-hydrogen) atoms. The number of alkyl carbamates (subject to hydrolysis) is 1. The minimum atomic E-state index is -4.78. The molecule has 0 fully saturated rings. The third kappa shape index (κ3) is 7.01. The van der Waals surface area contributed by atoms with Crippen molar-refractivity contribution in [3.8, 4) is 5.75 Å². The molecule has 0 aliphatic rings. The predicted octanol–water partition coefficient (Wildman–Crippen LogP) is 4.25. The molecule has 1 N–H and O–H groups in total. The van der Waals surface area contributed by atoms with Crippen molar-refractivity contribution in [2.45, 2.75) is 39.3 Å². The molecule has 0 spiro atoms. The van der Waals surface area contributed by atoms with Crippen LogP contribution in [-0.4, -0.2) is 18.1 Å². The van der Waals surface area contributed by atoms with Crippen molar-refractivity contribution < 1.29 is 27.4 Å². The van der Waals surface area contributed by atoms with Gasteiger partial charge >= 0.3 is 12.5 Å². The van der Waals surface area contributed by atoms with Crippen LogP contribution in [0.3, 0.4) is 0 Å². The number of rotatable bonds is 4. The smallest absolute Gasteiger partial charge is 0.444 e. The molecule has 0 heterocycles. The second-order valence-electron chi connectivity index (χ2n) is 5.52. The summed E-state index contributed by atoms with van der Waals surface area (Å²) < 4.78 is 45.7. The second kappa shape index (κ2) is 6.72. The van der Waals surface area contributed by atoms with Crippen LogP contribution in [-0.2, 0) is 11.3 Å². The lowest BCUT2D eigenvalue weighted by Crippen LogP contribution is -2.32. The summed E-state index contributed by atoms with van der Waals surface area (Å²) in [5.74, 6) is -0.370. The van der Waals surface area contributed by atoms with E-state index >= 15 is 0 Å². The number of halogens is 3. The number of carbonyl (C=O) groups is 1. The van der Waals surface area contributed by atoms with Gasteiger partial charge in [-0.1, -0.05) is 12.7 Å². The summed E-state index contributed by atoms with van der Waals surface area (Å²) in [4.78, 5) is 11.5. The van der Waals surface area contributed by atoms with E-state index in [9.17, 15) is 18.0 Å². The van der Waals surface area contributed by atoms with E-state index in [1.165, 1.54) is 18.2 Å². The molecule has 1 amide bonds. The van der Waals surface area contributed by atoms with E-state index in [1.807, 2.05) is 0 Å². The zero-order valence-electron chi connectivity index (χ0n) is 12.6. The van der Waals surface area contributed by atoms with Gasteiger partial charge in [-0.15, -0.1) is 13.2 Å². The molecule has 0 radical (unpaired) electrons. The Hall–Kier alpha value is -2.18. The molecular weight excluding hydrogens is 299 g/mol. The minimum Gasteiger partial charge on any atom is -0.444 e. The van der Waals surface area contributed by atoms with Crippen LogP contribution in [0.4, 0.5) is 18.0 Å². The second-order valence-corrected chi connectivity index (χ2v) is 5.52. The summed E-state index contributed by atoms with van der Waals surface area (Å²) >= 11 is 0. The van der Waals surface area contributed by atoms with E-state index in [0.717, 1.165) is 0 Å². The average Bonchev–Trinajstić information content (AvgIpc) is 2.32. The Morgan fingerprint density at radius 2 is 1.91 bits per heavy atom. The Bertz CT molecular complexity index is 548. The van der Waals surface area contributed by atoms with E-state index in [0.29, 0.717) is 11.1 Å². The first-order chi connectivity index (χ1) is 9.98. The normalized spacial score (nSPS) is 11.7. The van der Waals surface area contributed by atoms with Crippen molar-refractivity contribution in [3.63, 3.8) is 0 Å². The van der Waals surface area contributed by atoms with Crippen molar-refractivity contribution in [1.29, 1.82) is 0 Å². The van der Waals surface area contributed by atoms with E-state index in [4.69, 9.17) is 4.74 Å². The van der Waals surface area contributed by atoms with Gasteiger partial charge in [0.15, 0.2) is 0 Å². The highest BCUT2D eigenvalue weighted by molar-refractivity contribution is 5.67. The number of ether oxygens (including phenoxy) is 2. The first-order valence-corrected chi connectivity index (χ1v) is 6.47. The first-order valence-electron chi connectivity index (χ1n) is 6.47. The maximum absolute atomic E-state index is 12.3. The van der Waals surface area contributed by atoms with Crippen LogP contribution < -0.4 is 10.1 Å². The average molecular weight is 317 g/mol. The van der Waals surface area contributed by atoms with Gasteiger partial charge in [0.25, 0.3) is 0 Å². The van der Waals surface area contributed by atoms with Gasteiger partial charge in [-0.3, -0.25) is 0 Å². The van der Waals surface area contributed by atoms with Gasteiger partial charge in [-0.2, -0.15) is 0 Å². The molecule has 1 rings (SSSR count). The summed E-state index contributed by atoms with van der Waals surface area (Å²) in [6.07, 6.45) is -4.05. The van der Waals surface area contributed by atoms with Crippen LogP contribution in [0.25, 0.3) is 6.08 Å². The van der Waals surface area contributed by atoms with Crippen LogP contribution in [0.15, 0.2) is 24.8 Å². The summed E-state index contributed by atoms with van der Waals surface area (Å²) in [7, 11) is 0. The molecule has 0 aliphatic heterocycles. The zero-order chi connectivity index (χ0) is 17.0. The van der Waals surface area contributed by atoms with Crippen molar-refractivity contribution in [2.24, 2.45) is 0 Å². The summed E-state index contributed by atoms with van der Waals surface area (Å²) in [6.45, 7) is 8.63. The molecule has 1 aromatic rings. The molecule has 7 heteroatoms. The molecular formula is C15H18F3NO3. The topological polar surface area (TPSA) is 47.6 Å². The Labute approximate surface area is 126 Å². The van der Waals surface area contributed by atoms with Gasteiger partial charge in [0.05, 0.1) is 0 Å². The molecule has 0 saturated heterocycles. The zero-order valence-corrected chi connectivity index (χ0v) is 12.6. The number of amides is 1. The number of hydrogen-bond donors (Lipinski definition) is 1. The van der Waals surface area contributed by atoms with Crippen molar-refractivity contribution in [3.05, 3.63) is 35.9 Å². The molecule has 0 unspecified atom stereocenters. The lowest BCUT2D eigenvalue weighted by molar-refractivity contribution is -0.274. The number of nitrogens with one attached hydrogen (secondary N) is 1. The molecule has 122 valence electrons. The maximum Gasteiger partial charge on any atom is 0.573 e. The number of hydrogen-bond acceptors (Lipinski definition) is 3. The Kier molecular flexibility index (Phi) is 5.46. The molecule has 0 atom stereocenters. The fraction of sp³-hybridized carbons (Fsp3) is 0.400. The van der Waals surface area contributed by atoms with Crippen molar-refractivity contribution >= 4 is 12.2 Å². The summed E-state index contributed by atoms with van der Waals surface area (Å²) in [6, 6.07) is 3.99. The third-order valence-corrected chi connectivity index (χ3v) is 2.29. The van der Waals surface area contributed by atoms with Crippen molar-refractivity contribution in [2.75, 3.05) is 0 Å². The fourth-order valence-corrected chi connectivity index (χ4v) is 1.59. The van der Waals surface area contributed by atoms with E-state index in [2.05, 4.69) is 16.6 Å². The third-order valence-electron chi connectivity index (χ3n) is 2.29. The number of carbonyl (C=O) groups excluding carboxylic acids is 1. The Morgan fingerprint density at radius 1 is 1.27 bits per heavy atom. The SMILES string of the molecule is C=Cc1cc(CNC(=O)OC(C)(C)C)cc(OC(F)(F)F)c1. The van der Waals surface area contributed by atoms with Crippen LogP contribution in [0.5, 0.6) is 5.75 Å². The van der Waals surface area contributed by atoms with Crippen LogP contribution in [0.1, 0.15) is 31.9 Å². The monoisotopic (exact) mass is 317 g/mol. The lowest BCUT2D eigenvalue weighted by atomic mass is 10.1. The quantitative estimate of drug-likeness (QED) is 0.903. The molecule has 0 aromatic heterocycles. The summed E-state index contributed by atoms with van der Waals surface area (Å²) in [5, 5.41) is 2.46. The molecule has 0 saturated carbocycles. The fourth-order valence-electron chi connectivity index (χ4n) is 1.59. The lowest BCUT2D eigenvalue weighted by Gasteiger charge is -2.20. The van der Waals surface area contributed by atoms with Gasteiger partial charge in [0.1, 0.15) is 11.4 Å². The van der Waals surface area contributed by atoms with E-state index < -0.39 is 18.1 Å². The van der Waals surface area contributed by atoms with Crippen LogP contribution in [0.2, 0.25) is 0 Å². The summed E-state index contributed by atoms with van der Waals surface area (Å²) in [5.41, 5.74) is 0.225. The minimum absolute atomic E-state index is 0.00477. The Balaban J connectivity index is 2.80. The van der Waals surface area contributed by atoms with Gasteiger partial charge in [-0.25, -0.2) is 4.79 Å². The standard InChI is InChI=1S/C15H18F3NO3/c1-5-10-6-11(8-12(7-10)21-15(16,17)18)9-19-13(20)22-14(2,3)4/h5-8H,1,9H2,2-4H3,(H,19,20). The van der Waals surface area contributed by atoms with Crippen LogP contribution >= 0.6 is 0 Å². The highest BCUT2D eigenvalue weighted by atomic mass is 19.4. The van der Waals surface area contributed by atoms with Crippen molar-refractivity contribution in [1.82, 2.24) is 5.32 Å². The first kappa shape index (κ1) is 17.9. The van der Waals surface area contributed by atoms with E-state index in [1.54, 1.807) is 26.8 Å². The maximum atomic E-state index is 12.3. The van der Waals surface area contributed by atoms with Gasteiger partial charge in [0.2, 0.25) is 0 Å². The Morgan fingerprint density at radius 3 is 2.41 bits per heavy atom. The highest BCUT2D eigenvalue weighted by Crippen LogP contribution is 2.25. The van der Waals surface area contributed by atoms with E-state index in [-0.39, 0.29) is 12.3 Å². The highest BCUT2D eigenvalue weighted by Gasteiger charge is 2.31. The largest absolute Gasteiger partial charge is 0.573 e. The van der Waals surface area contributed by atoms with Crippen LogP contribution in [0, 0.1) is 0 Å². The predicted molar refractivity (Wildman–Crippen MR) is 76.3 cm³/mol.